The van der Waals surface area contributed by atoms with E-state index in [0.717, 1.165) is 23.8 Å². The first-order chi connectivity index (χ1) is 7.51. The van der Waals surface area contributed by atoms with Crippen LogP contribution in [0.4, 0.5) is 0 Å². The summed E-state index contributed by atoms with van der Waals surface area (Å²) in [7, 11) is 0. The zero-order valence-corrected chi connectivity index (χ0v) is 11.3. The van der Waals surface area contributed by atoms with E-state index in [1.54, 1.807) is 0 Å². The number of nitrogens with zero attached hydrogens (tertiary/aromatic N) is 1. The Morgan fingerprint density at radius 1 is 1.56 bits per heavy atom. The number of nitrogens with two attached hydrogens (primary N) is 1. The van der Waals surface area contributed by atoms with Crippen molar-refractivity contribution in [3.05, 3.63) is 16.1 Å². The smallest absolute Gasteiger partial charge is 0.113 e. The lowest BCUT2D eigenvalue weighted by molar-refractivity contribution is 0.238. The molecule has 0 amide bonds. The molecule has 1 aliphatic rings. The van der Waals surface area contributed by atoms with Gasteiger partial charge in [0.15, 0.2) is 0 Å². The number of aromatic nitrogens is 1. The molecule has 1 aliphatic carbocycles. The highest BCUT2D eigenvalue weighted by Crippen LogP contribution is 2.40. The van der Waals surface area contributed by atoms with Gasteiger partial charge < -0.3 is 5.73 Å². The molecule has 1 saturated carbocycles. The third-order valence-corrected chi connectivity index (χ3v) is 5.07. The Hall–Kier alpha value is -0.410. The molecule has 3 heteroatoms. The molecule has 1 heterocycles. The fourth-order valence-corrected chi connectivity index (χ4v) is 3.63. The number of thiazole rings is 1. The fraction of sp³-hybridized carbons (Fsp3) is 0.769. The average Bonchev–Trinajstić information content (AvgIpc) is 2.66. The molecule has 1 aromatic rings. The third-order valence-electron chi connectivity index (χ3n) is 3.55. The van der Waals surface area contributed by atoms with Crippen LogP contribution in [0.2, 0.25) is 0 Å². The summed E-state index contributed by atoms with van der Waals surface area (Å²) >= 11 is 1.81. The van der Waals surface area contributed by atoms with E-state index in [0.29, 0.717) is 5.92 Å². The molecular weight excluding hydrogens is 216 g/mol. The normalized spacial score (nSPS) is 30.9. The zero-order valence-electron chi connectivity index (χ0n) is 10.5. The minimum atomic E-state index is -0.143. The van der Waals surface area contributed by atoms with Crippen molar-refractivity contribution in [1.82, 2.24) is 4.98 Å². The molecule has 0 saturated heterocycles. The van der Waals surface area contributed by atoms with Gasteiger partial charge in [-0.15, -0.1) is 11.3 Å². The van der Waals surface area contributed by atoms with Gasteiger partial charge in [0.2, 0.25) is 0 Å². The summed E-state index contributed by atoms with van der Waals surface area (Å²) in [6, 6.07) is 0. The maximum absolute atomic E-state index is 6.53. The third kappa shape index (κ3) is 2.30. The maximum Gasteiger partial charge on any atom is 0.113 e. The Bertz CT molecular complexity index is 359. The van der Waals surface area contributed by atoms with Crippen LogP contribution in [0, 0.1) is 5.92 Å². The first-order valence-corrected chi connectivity index (χ1v) is 7.08. The van der Waals surface area contributed by atoms with Gasteiger partial charge in [-0.2, -0.15) is 0 Å². The molecule has 0 aliphatic heterocycles. The van der Waals surface area contributed by atoms with Crippen LogP contribution in [0.15, 0.2) is 6.20 Å². The quantitative estimate of drug-likeness (QED) is 0.854. The Labute approximate surface area is 102 Å². The molecule has 1 aromatic heterocycles. The predicted octanol–water partition coefficient (Wildman–Crippen LogP) is 3.63. The number of rotatable bonds is 2. The summed E-state index contributed by atoms with van der Waals surface area (Å²) in [5.41, 5.74) is 6.39. The Balaban J connectivity index is 2.21. The second kappa shape index (κ2) is 4.46. The lowest BCUT2D eigenvalue weighted by Gasteiger charge is -2.35. The van der Waals surface area contributed by atoms with Crippen molar-refractivity contribution in [3.63, 3.8) is 0 Å². The molecule has 0 spiro atoms. The predicted molar refractivity (Wildman–Crippen MR) is 69.7 cm³/mol. The molecule has 0 radical (unpaired) electrons. The summed E-state index contributed by atoms with van der Waals surface area (Å²) in [5.74, 6) is 1.31. The lowest BCUT2D eigenvalue weighted by Crippen LogP contribution is -2.40. The largest absolute Gasteiger partial charge is 0.319 e. The minimum absolute atomic E-state index is 0.143. The molecule has 16 heavy (non-hydrogen) atoms. The fourth-order valence-electron chi connectivity index (χ4n) is 2.57. The molecule has 2 atom stereocenters. The van der Waals surface area contributed by atoms with E-state index in [1.165, 1.54) is 17.7 Å². The van der Waals surface area contributed by atoms with Gasteiger partial charge in [0, 0.05) is 11.1 Å². The zero-order chi connectivity index (χ0) is 11.8. The average molecular weight is 238 g/mol. The van der Waals surface area contributed by atoms with Gasteiger partial charge >= 0.3 is 0 Å². The molecule has 2 unspecified atom stereocenters. The van der Waals surface area contributed by atoms with Crippen molar-refractivity contribution >= 4 is 11.3 Å². The molecule has 2 rings (SSSR count). The Morgan fingerprint density at radius 3 is 2.88 bits per heavy atom. The number of hydrogen-bond acceptors (Lipinski definition) is 3. The highest BCUT2D eigenvalue weighted by atomic mass is 32.1. The topological polar surface area (TPSA) is 38.9 Å². The van der Waals surface area contributed by atoms with E-state index >= 15 is 0 Å². The van der Waals surface area contributed by atoms with Gasteiger partial charge in [-0.1, -0.05) is 33.6 Å². The standard InChI is InChI=1S/C13H22N2S/c1-9(2)11-8-15-12(16-11)13(14)6-4-5-10(3)7-13/h8-10H,4-7,14H2,1-3H3. The van der Waals surface area contributed by atoms with Crippen LogP contribution in [0.3, 0.4) is 0 Å². The highest BCUT2D eigenvalue weighted by Gasteiger charge is 2.35. The second-order valence-electron chi connectivity index (χ2n) is 5.58. The second-order valence-corrected chi connectivity index (χ2v) is 6.64. The minimum Gasteiger partial charge on any atom is -0.319 e. The molecule has 1 fully saturated rings. The van der Waals surface area contributed by atoms with Crippen molar-refractivity contribution in [3.8, 4) is 0 Å². The monoisotopic (exact) mass is 238 g/mol. The summed E-state index contributed by atoms with van der Waals surface area (Å²) in [5, 5.41) is 1.16. The number of hydrogen-bond donors (Lipinski definition) is 1. The Kier molecular flexibility index (Phi) is 3.36. The molecule has 0 bridgehead atoms. The van der Waals surface area contributed by atoms with Crippen LogP contribution in [-0.2, 0) is 5.54 Å². The van der Waals surface area contributed by atoms with Crippen LogP contribution in [0.5, 0.6) is 0 Å². The van der Waals surface area contributed by atoms with E-state index in [-0.39, 0.29) is 5.54 Å². The van der Waals surface area contributed by atoms with Crippen LogP contribution in [0.25, 0.3) is 0 Å². The lowest BCUT2D eigenvalue weighted by atomic mass is 9.77. The van der Waals surface area contributed by atoms with Gasteiger partial charge in [-0.25, -0.2) is 4.98 Å². The van der Waals surface area contributed by atoms with E-state index in [4.69, 9.17) is 5.73 Å². The molecular formula is C13H22N2S. The van der Waals surface area contributed by atoms with Crippen molar-refractivity contribution < 1.29 is 0 Å². The van der Waals surface area contributed by atoms with Crippen molar-refractivity contribution in [2.75, 3.05) is 0 Å². The SMILES string of the molecule is CC1CCCC(N)(c2ncc(C(C)C)s2)C1. The van der Waals surface area contributed by atoms with E-state index in [1.807, 2.05) is 17.5 Å². The van der Waals surface area contributed by atoms with E-state index < -0.39 is 0 Å². The molecule has 90 valence electrons. The first-order valence-electron chi connectivity index (χ1n) is 6.26. The van der Waals surface area contributed by atoms with Crippen molar-refractivity contribution in [2.45, 2.75) is 57.9 Å². The van der Waals surface area contributed by atoms with Crippen LogP contribution < -0.4 is 5.73 Å². The van der Waals surface area contributed by atoms with E-state index in [9.17, 15) is 0 Å². The van der Waals surface area contributed by atoms with Gasteiger partial charge in [-0.3, -0.25) is 0 Å². The van der Waals surface area contributed by atoms with Gasteiger partial charge in [0.1, 0.15) is 5.01 Å². The molecule has 2 N–H and O–H groups in total. The van der Waals surface area contributed by atoms with E-state index in [2.05, 4.69) is 25.8 Å². The highest BCUT2D eigenvalue weighted by molar-refractivity contribution is 7.11. The summed E-state index contributed by atoms with van der Waals surface area (Å²) in [6.45, 7) is 6.73. The van der Waals surface area contributed by atoms with Gasteiger partial charge in [-0.05, 0) is 24.7 Å². The van der Waals surface area contributed by atoms with Crippen molar-refractivity contribution in [2.24, 2.45) is 11.7 Å². The van der Waals surface area contributed by atoms with Crippen molar-refractivity contribution in [1.29, 1.82) is 0 Å². The summed E-state index contributed by atoms with van der Waals surface area (Å²) < 4.78 is 0. The summed E-state index contributed by atoms with van der Waals surface area (Å²) in [6.07, 6.45) is 6.77. The van der Waals surface area contributed by atoms with Gasteiger partial charge in [0.25, 0.3) is 0 Å². The summed E-state index contributed by atoms with van der Waals surface area (Å²) in [4.78, 5) is 5.92. The van der Waals surface area contributed by atoms with Crippen LogP contribution in [0.1, 0.15) is 62.3 Å². The van der Waals surface area contributed by atoms with Crippen LogP contribution >= 0.6 is 11.3 Å². The molecule has 2 nitrogen and oxygen atoms in total. The maximum atomic E-state index is 6.53. The molecule has 0 aromatic carbocycles. The Morgan fingerprint density at radius 2 is 2.31 bits per heavy atom. The first kappa shape index (κ1) is 12.1. The van der Waals surface area contributed by atoms with Gasteiger partial charge in [0.05, 0.1) is 5.54 Å². The van der Waals surface area contributed by atoms with Crippen LogP contribution in [-0.4, -0.2) is 4.98 Å².